The van der Waals surface area contributed by atoms with Crippen LogP contribution in [0.5, 0.6) is 0 Å². The molecule has 4 heterocycles. The van der Waals surface area contributed by atoms with Gasteiger partial charge in [0.1, 0.15) is 0 Å². The number of hydrogen-bond acceptors (Lipinski definition) is 8. The van der Waals surface area contributed by atoms with Gasteiger partial charge in [0.15, 0.2) is 0 Å². The zero-order chi connectivity index (χ0) is 28.4. The molecule has 4 amide bonds. The van der Waals surface area contributed by atoms with Crippen LogP contribution in [0.3, 0.4) is 0 Å². The van der Waals surface area contributed by atoms with E-state index < -0.39 is 35.3 Å². The van der Waals surface area contributed by atoms with Gasteiger partial charge in [0, 0.05) is 11.4 Å². The van der Waals surface area contributed by atoms with Gasteiger partial charge in [0.2, 0.25) is 0 Å². The first-order valence-electron chi connectivity index (χ1n) is 13.4. The van der Waals surface area contributed by atoms with Crippen molar-refractivity contribution in [2.24, 2.45) is 0 Å². The lowest BCUT2D eigenvalue weighted by Gasteiger charge is -2.51. The van der Waals surface area contributed by atoms with Gasteiger partial charge < -0.3 is 19.3 Å². The van der Waals surface area contributed by atoms with Crippen LogP contribution < -0.4 is 9.80 Å². The third-order valence-electron chi connectivity index (χ3n) is 8.07. The molecular formula is C28H32N6O6. The van der Waals surface area contributed by atoms with Gasteiger partial charge >= 0.3 is 24.0 Å². The number of carbonyl (C=O) groups is 4. The molecule has 0 unspecified atom stereocenters. The predicted octanol–water partition coefficient (Wildman–Crippen LogP) is 2.47. The zero-order valence-electron chi connectivity index (χ0n) is 23.0. The summed E-state index contributed by atoms with van der Waals surface area (Å²) in [4.78, 5) is 65.8. The highest BCUT2D eigenvalue weighted by Crippen LogP contribution is 2.56. The maximum atomic E-state index is 14.4. The lowest BCUT2D eigenvalue weighted by Crippen LogP contribution is -2.80. The molecule has 2 aromatic carbocycles. The van der Waals surface area contributed by atoms with Crippen molar-refractivity contribution in [3.8, 4) is 0 Å². The number of rotatable bonds is 6. The monoisotopic (exact) mass is 548 g/mol. The number of anilines is 2. The Hall–Kier alpha value is -4.48. The van der Waals surface area contributed by atoms with E-state index in [1.807, 2.05) is 72.2 Å². The number of ether oxygens (including phenoxy) is 2. The first-order chi connectivity index (χ1) is 19.2. The molecule has 0 aromatic heterocycles. The van der Waals surface area contributed by atoms with Crippen molar-refractivity contribution >= 4 is 35.4 Å². The molecule has 0 spiro atoms. The van der Waals surface area contributed by atoms with Crippen molar-refractivity contribution in [1.29, 1.82) is 0 Å². The number of hydrogen-bond donors (Lipinski definition) is 0. The highest BCUT2D eigenvalue weighted by molar-refractivity contribution is 6.10. The summed E-state index contributed by atoms with van der Waals surface area (Å²) in [6.07, 6.45) is 0. The molecule has 40 heavy (non-hydrogen) atoms. The molecule has 4 aliphatic heterocycles. The van der Waals surface area contributed by atoms with Crippen LogP contribution in [0.4, 0.5) is 21.0 Å². The van der Waals surface area contributed by atoms with Crippen molar-refractivity contribution in [1.82, 2.24) is 19.6 Å². The molecular weight excluding hydrogens is 516 g/mol. The van der Waals surface area contributed by atoms with E-state index in [1.165, 1.54) is 19.6 Å². The van der Waals surface area contributed by atoms with E-state index in [4.69, 9.17) is 9.47 Å². The van der Waals surface area contributed by atoms with Crippen LogP contribution in [0.1, 0.15) is 25.0 Å². The molecule has 4 fully saturated rings. The highest BCUT2D eigenvalue weighted by atomic mass is 16.6. The van der Waals surface area contributed by atoms with Crippen LogP contribution in [-0.4, -0.2) is 94.8 Å². The quantitative estimate of drug-likeness (QED) is 0.507. The van der Waals surface area contributed by atoms with Crippen LogP contribution in [0, 0.1) is 13.8 Å². The number of esters is 2. The molecule has 210 valence electrons. The molecule has 0 atom stereocenters. The van der Waals surface area contributed by atoms with E-state index >= 15 is 0 Å². The summed E-state index contributed by atoms with van der Waals surface area (Å²) < 4.78 is 11.1. The first kappa shape index (κ1) is 25.8. The molecule has 12 heteroatoms. The molecule has 0 saturated carbocycles. The molecule has 0 N–H and O–H groups in total. The van der Waals surface area contributed by atoms with E-state index in [-0.39, 0.29) is 39.9 Å². The average molecular weight is 549 g/mol. The topological polar surface area (TPSA) is 106 Å². The summed E-state index contributed by atoms with van der Waals surface area (Å²) in [5.74, 6) is -1.69. The summed E-state index contributed by atoms with van der Waals surface area (Å²) in [6, 6.07) is 14.2. The summed E-state index contributed by atoms with van der Waals surface area (Å²) in [5.41, 5.74) is -0.589. The minimum Gasteiger partial charge on any atom is -0.463 e. The fourth-order valence-electron chi connectivity index (χ4n) is 6.48. The van der Waals surface area contributed by atoms with E-state index in [1.54, 1.807) is 13.8 Å². The fraction of sp³-hybridized carbons (Fsp3) is 0.429. The lowest BCUT2D eigenvalue weighted by atomic mass is 9.89. The molecule has 6 rings (SSSR count). The summed E-state index contributed by atoms with van der Waals surface area (Å²) in [6.45, 7) is 7.03. The number of amides is 4. The number of carbonyl (C=O) groups excluding carboxylic acids is 4. The van der Waals surface area contributed by atoms with Crippen LogP contribution in [0.15, 0.2) is 48.5 Å². The molecule has 0 aliphatic carbocycles. The Morgan fingerprint density at radius 1 is 0.675 bits per heavy atom. The van der Waals surface area contributed by atoms with Gasteiger partial charge in [-0.3, -0.25) is 19.6 Å². The van der Waals surface area contributed by atoms with Gasteiger partial charge in [0.05, 0.1) is 39.9 Å². The molecule has 4 saturated heterocycles. The van der Waals surface area contributed by atoms with Crippen molar-refractivity contribution in [2.45, 2.75) is 39.0 Å². The van der Waals surface area contributed by atoms with Crippen LogP contribution in [0.25, 0.3) is 0 Å². The van der Waals surface area contributed by atoms with Gasteiger partial charge in [-0.1, -0.05) is 24.3 Å². The van der Waals surface area contributed by atoms with E-state index in [0.29, 0.717) is 0 Å². The fourth-order valence-corrected chi connectivity index (χ4v) is 6.48. The smallest absolute Gasteiger partial charge is 0.359 e. The average Bonchev–Trinajstić information content (AvgIpc) is 3.32. The number of nitrogens with zero attached hydrogens (tertiary/aromatic N) is 6. The Bertz CT molecular complexity index is 1280. The third kappa shape index (κ3) is 3.12. The summed E-state index contributed by atoms with van der Waals surface area (Å²) >= 11 is 0. The lowest BCUT2D eigenvalue weighted by molar-refractivity contribution is -0.194. The Balaban J connectivity index is 1.56. The molecule has 4 aliphatic rings. The second-order valence-corrected chi connectivity index (χ2v) is 10.4. The second kappa shape index (κ2) is 9.04. The van der Waals surface area contributed by atoms with Crippen molar-refractivity contribution in [3.63, 3.8) is 0 Å². The highest BCUT2D eigenvalue weighted by Gasteiger charge is 2.89. The first-order valence-corrected chi connectivity index (χ1v) is 13.4. The van der Waals surface area contributed by atoms with Crippen molar-refractivity contribution in [3.05, 3.63) is 59.7 Å². The van der Waals surface area contributed by atoms with E-state index in [2.05, 4.69) is 0 Å². The van der Waals surface area contributed by atoms with Gasteiger partial charge in [-0.15, -0.1) is 0 Å². The third-order valence-corrected chi connectivity index (χ3v) is 8.07. The normalized spacial score (nSPS) is 25.0. The Morgan fingerprint density at radius 3 is 1.32 bits per heavy atom. The largest absolute Gasteiger partial charge is 0.463 e. The SMILES string of the molecule is CCOC(=O)C12N3CN(c4cccc(C)c4)CN1C(=O)N1CN(c4cccc(C)c4)CN(C3=O)C12C(=O)OCC. The maximum Gasteiger partial charge on any atom is 0.359 e. The van der Waals surface area contributed by atoms with Crippen LogP contribution in [0.2, 0.25) is 0 Å². The van der Waals surface area contributed by atoms with Gasteiger partial charge in [-0.2, -0.15) is 0 Å². The Kier molecular flexibility index (Phi) is 5.82. The maximum absolute atomic E-state index is 14.4. The zero-order valence-corrected chi connectivity index (χ0v) is 23.0. The molecule has 0 radical (unpaired) electrons. The van der Waals surface area contributed by atoms with Gasteiger partial charge in [-0.05, 0) is 63.1 Å². The molecule has 12 nitrogen and oxygen atoms in total. The van der Waals surface area contributed by atoms with E-state index in [0.717, 1.165) is 22.5 Å². The summed E-state index contributed by atoms with van der Waals surface area (Å²) in [5, 5.41) is 0. The molecule has 0 bridgehead atoms. The standard InChI is InChI=1S/C28H32N6O6/c1-5-39-23(35)27-28(24(36)40-6-2)33-17-30(22-12-8-10-20(4)14-22)18-34(28)26(38)32(27)16-29(15-31(27)25(33)37)21-11-7-9-19(3)13-21/h7-14H,5-6,15-18H2,1-4H3. The van der Waals surface area contributed by atoms with Crippen molar-refractivity contribution in [2.75, 3.05) is 49.7 Å². The minimum absolute atomic E-state index is 0.000557. The number of urea groups is 2. The van der Waals surface area contributed by atoms with Gasteiger partial charge in [0.25, 0.3) is 11.3 Å². The predicted molar refractivity (Wildman–Crippen MR) is 144 cm³/mol. The van der Waals surface area contributed by atoms with Crippen LogP contribution in [-0.2, 0) is 19.1 Å². The number of benzene rings is 2. The van der Waals surface area contributed by atoms with Crippen molar-refractivity contribution < 1.29 is 28.7 Å². The van der Waals surface area contributed by atoms with Crippen LogP contribution >= 0.6 is 0 Å². The Morgan fingerprint density at radius 2 is 1.02 bits per heavy atom. The molecule has 2 aromatic rings. The summed E-state index contributed by atoms with van der Waals surface area (Å²) in [7, 11) is 0. The second-order valence-electron chi connectivity index (χ2n) is 10.4. The van der Waals surface area contributed by atoms with E-state index in [9.17, 15) is 19.2 Å². The van der Waals surface area contributed by atoms with Gasteiger partial charge in [-0.25, -0.2) is 19.2 Å². The number of aryl methyl sites for hydroxylation is 2. The Labute approximate surface area is 232 Å². The minimum atomic E-state index is -2.07.